The van der Waals surface area contributed by atoms with E-state index in [-0.39, 0.29) is 24.3 Å². The molecule has 1 aliphatic heterocycles. The first kappa shape index (κ1) is 18.0. The molecule has 6 nitrogen and oxygen atoms in total. The number of nitrogens with zero attached hydrogens (tertiary/aromatic N) is 1. The van der Waals surface area contributed by atoms with E-state index < -0.39 is 12.0 Å². The third kappa shape index (κ3) is 4.81. The smallest absolute Gasteiger partial charge is 0.303 e. The van der Waals surface area contributed by atoms with E-state index in [9.17, 15) is 14.4 Å². The van der Waals surface area contributed by atoms with E-state index in [1.165, 1.54) is 0 Å². The third-order valence-electron chi connectivity index (χ3n) is 4.22. The number of likely N-dealkylation sites (tertiary alicyclic amines) is 1. The van der Waals surface area contributed by atoms with Crippen LogP contribution < -0.4 is 5.32 Å². The van der Waals surface area contributed by atoms with Gasteiger partial charge < -0.3 is 15.3 Å². The minimum atomic E-state index is -0.887. The van der Waals surface area contributed by atoms with E-state index in [1.807, 2.05) is 30.3 Å². The second-order valence-electron chi connectivity index (χ2n) is 6.20. The number of rotatable bonds is 7. The quantitative estimate of drug-likeness (QED) is 0.800. The molecule has 0 spiro atoms. The number of hydrogen-bond donors (Lipinski definition) is 2. The van der Waals surface area contributed by atoms with E-state index in [1.54, 1.807) is 11.8 Å². The molecule has 0 bridgehead atoms. The molecule has 6 heteroatoms. The van der Waals surface area contributed by atoms with Crippen LogP contribution in [0.4, 0.5) is 0 Å². The number of benzene rings is 1. The minimum Gasteiger partial charge on any atom is -0.481 e. The Labute approximate surface area is 141 Å². The number of carboxylic acid groups (broad SMARTS) is 1. The van der Waals surface area contributed by atoms with Crippen molar-refractivity contribution in [2.45, 2.75) is 51.1 Å². The number of hydrogen-bond acceptors (Lipinski definition) is 3. The molecule has 24 heavy (non-hydrogen) atoms. The fourth-order valence-corrected chi connectivity index (χ4v) is 2.94. The molecule has 0 aromatic heterocycles. The van der Waals surface area contributed by atoms with Gasteiger partial charge in [0.1, 0.15) is 6.04 Å². The number of nitrogens with one attached hydrogen (secondary N) is 1. The zero-order valence-electron chi connectivity index (χ0n) is 13.9. The Kier molecular flexibility index (Phi) is 6.35. The average Bonchev–Trinajstić information content (AvgIpc) is 2.56. The lowest BCUT2D eigenvalue weighted by molar-refractivity contribution is -0.143. The van der Waals surface area contributed by atoms with Gasteiger partial charge in [-0.2, -0.15) is 0 Å². The first-order valence-electron chi connectivity index (χ1n) is 8.35. The summed E-state index contributed by atoms with van der Waals surface area (Å²) in [5, 5.41) is 11.6. The maximum Gasteiger partial charge on any atom is 0.303 e. The largest absolute Gasteiger partial charge is 0.481 e. The maximum atomic E-state index is 12.8. The highest BCUT2D eigenvalue weighted by molar-refractivity contribution is 5.89. The van der Waals surface area contributed by atoms with Gasteiger partial charge in [-0.1, -0.05) is 30.3 Å². The van der Waals surface area contributed by atoms with Crippen LogP contribution in [0, 0.1) is 0 Å². The fraction of sp³-hybridized carbons (Fsp3) is 0.500. The number of carboxylic acids is 1. The van der Waals surface area contributed by atoms with E-state index in [2.05, 4.69) is 5.32 Å². The van der Waals surface area contributed by atoms with Gasteiger partial charge >= 0.3 is 5.97 Å². The number of carbonyl (C=O) groups is 3. The van der Waals surface area contributed by atoms with Crippen molar-refractivity contribution in [3.05, 3.63) is 35.9 Å². The molecular formula is C18H24N2O4. The molecule has 0 radical (unpaired) electrons. The normalized spacial score (nSPS) is 17.2. The Bertz CT molecular complexity index is 588. The summed E-state index contributed by atoms with van der Waals surface area (Å²) in [5.74, 6) is -1.15. The van der Waals surface area contributed by atoms with Gasteiger partial charge in [-0.05, 0) is 31.7 Å². The number of amides is 2. The molecule has 2 amide bonds. The Morgan fingerprint density at radius 3 is 2.58 bits per heavy atom. The van der Waals surface area contributed by atoms with Gasteiger partial charge in [0.15, 0.2) is 0 Å². The van der Waals surface area contributed by atoms with Crippen LogP contribution in [-0.2, 0) is 14.4 Å². The van der Waals surface area contributed by atoms with E-state index in [0.717, 1.165) is 18.4 Å². The standard InChI is InChI=1S/C18H24N2O4/c1-13(10-11-16(22)23)19-18(24)17(14-7-3-2-4-8-14)20-12-6-5-9-15(20)21/h2-4,7-8,13,17H,5-6,9-12H2,1H3,(H,19,24)(H,22,23). The molecule has 2 atom stereocenters. The highest BCUT2D eigenvalue weighted by atomic mass is 16.4. The summed E-state index contributed by atoms with van der Waals surface area (Å²) >= 11 is 0. The van der Waals surface area contributed by atoms with Crippen molar-refractivity contribution in [2.24, 2.45) is 0 Å². The monoisotopic (exact) mass is 332 g/mol. The second kappa shape index (κ2) is 8.47. The van der Waals surface area contributed by atoms with E-state index in [0.29, 0.717) is 19.4 Å². The number of carbonyl (C=O) groups excluding carboxylic acids is 2. The van der Waals surface area contributed by atoms with Crippen molar-refractivity contribution in [3.63, 3.8) is 0 Å². The average molecular weight is 332 g/mol. The first-order valence-corrected chi connectivity index (χ1v) is 8.35. The van der Waals surface area contributed by atoms with Crippen LogP contribution >= 0.6 is 0 Å². The minimum absolute atomic E-state index is 0.0000944. The summed E-state index contributed by atoms with van der Waals surface area (Å²) in [4.78, 5) is 37.4. The molecule has 0 saturated carbocycles. The van der Waals surface area contributed by atoms with Gasteiger partial charge in [-0.15, -0.1) is 0 Å². The second-order valence-corrected chi connectivity index (χ2v) is 6.20. The lowest BCUT2D eigenvalue weighted by Crippen LogP contribution is -2.47. The van der Waals surface area contributed by atoms with Crippen molar-refractivity contribution in [3.8, 4) is 0 Å². The van der Waals surface area contributed by atoms with Crippen LogP contribution in [0.1, 0.15) is 50.6 Å². The molecule has 2 unspecified atom stereocenters. The van der Waals surface area contributed by atoms with Gasteiger partial charge in [0.25, 0.3) is 0 Å². The lowest BCUT2D eigenvalue weighted by Gasteiger charge is -2.34. The van der Waals surface area contributed by atoms with Gasteiger partial charge in [0.05, 0.1) is 0 Å². The molecule has 1 aliphatic rings. The molecule has 130 valence electrons. The Morgan fingerprint density at radius 2 is 1.96 bits per heavy atom. The Balaban J connectivity index is 2.14. The molecule has 2 N–H and O–H groups in total. The van der Waals surface area contributed by atoms with E-state index in [4.69, 9.17) is 5.11 Å². The lowest BCUT2D eigenvalue weighted by atomic mass is 10.00. The molecule has 1 heterocycles. The maximum absolute atomic E-state index is 12.8. The molecule has 1 saturated heterocycles. The van der Waals surface area contributed by atoms with Crippen LogP contribution in [0.25, 0.3) is 0 Å². The SMILES string of the molecule is CC(CCC(=O)O)NC(=O)C(c1ccccc1)N1CCCCC1=O. The van der Waals surface area contributed by atoms with Crippen molar-refractivity contribution >= 4 is 17.8 Å². The first-order chi connectivity index (χ1) is 11.5. The molecule has 1 fully saturated rings. The van der Waals surface area contributed by atoms with Crippen molar-refractivity contribution in [1.29, 1.82) is 0 Å². The van der Waals surface area contributed by atoms with Gasteiger partial charge in [-0.3, -0.25) is 14.4 Å². The summed E-state index contributed by atoms with van der Waals surface area (Å²) in [5.41, 5.74) is 0.774. The highest BCUT2D eigenvalue weighted by Crippen LogP contribution is 2.26. The van der Waals surface area contributed by atoms with Crippen LogP contribution in [0.15, 0.2) is 30.3 Å². The molecule has 1 aromatic carbocycles. The zero-order chi connectivity index (χ0) is 17.5. The van der Waals surface area contributed by atoms with Crippen LogP contribution in [-0.4, -0.2) is 40.4 Å². The summed E-state index contributed by atoms with van der Waals surface area (Å²) < 4.78 is 0. The Hall–Kier alpha value is -2.37. The van der Waals surface area contributed by atoms with Gasteiger partial charge in [0, 0.05) is 25.4 Å². The van der Waals surface area contributed by atoms with Crippen molar-refractivity contribution in [2.75, 3.05) is 6.54 Å². The van der Waals surface area contributed by atoms with Crippen LogP contribution in [0.5, 0.6) is 0 Å². The Morgan fingerprint density at radius 1 is 1.25 bits per heavy atom. The predicted octanol–water partition coefficient (Wildman–Crippen LogP) is 2.11. The summed E-state index contributed by atoms with van der Waals surface area (Å²) in [6.45, 7) is 2.34. The summed E-state index contributed by atoms with van der Waals surface area (Å²) in [6, 6.07) is 8.31. The van der Waals surface area contributed by atoms with Crippen molar-refractivity contribution in [1.82, 2.24) is 10.2 Å². The highest BCUT2D eigenvalue weighted by Gasteiger charge is 2.33. The zero-order valence-corrected chi connectivity index (χ0v) is 13.9. The third-order valence-corrected chi connectivity index (χ3v) is 4.22. The van der Waals surface area contributed by atoms with Gasteiger partial charge in [0.2, 0.25) is 11.8 Å². The topological polar surface area (TPSA) is 86.7 Å². The fourth-order valence-electron chi connectivity index (χ4n) is 2.94. The molecule has 0 aliphatic carbocycles. The predicted molar refractivity (Wildman–Crippen MR) is 89.2 cm³/mol. The summed E-state index contributed by atoms with van der Waals surface area (Å²) in [7, 11) is 0. The summed E-state index contributed by atoms with van der Waals surface area (Å²) in [6.07, 6.45) is 2.56. The van der Waals surface area contributed by atoms with Crippen LogP contribution in [0.2, 0.25) is 0 Å². The van der Waals surface area contributed by atoms with Crippen molar-refractivity contribution < 1.29 is 19.5 Å². The molecular weight excluding hydrogens is 308 g/mol. The van der Waals surface area contributed by atoms with E-state index >= 15 is 0 Å². The van der Waals surface area contributed by atoms with Crippen LogP contribution in [0.3, 0.4) is 0 Å². The number of aliphatic carboxylic acids is 1. The number of piperidine rings is 1. The molecule has 2 rings (SSSR count). The molecule has 1 aromatic rings. The van der Waals surface area contributed by atoms with Gasteiger partial charge in [-0.25, -0.2) is 0 Å².